The highest BCUT2D eigenvalue weighted by atomic mass is 16.3. The van der Waals surface area contributed by atoms with Crippen LogP contribution in [0.1, 0.15) is 18.4 Å². The van der Waals surface area contributed by atoms with Crippen LogP contribution in [0.4, 0.5) is 5.82 Å². The zero-order valence-electron chi connectivity index (χ0n) is 8.51. The van der Waals surface area contributed by atoms with Gasteiger partial charge in [-0.15, -0.1) is 0 Å². The molecule has 4 heteroatoms. The molecule has 0 saturated carbocycles. The molecule has 2 aromatic rings. The van der Waals surface area contributed by atoms with E-state index >= 15 is 0 Å². The molecule has 0 fully saturated rings. The van der Waals surface area contributed by atoms with Crippen molar-refractivity contribution in [3.63, 3.8) is 0 Å². The molecule has 2 rings (SSSR count). The van der Waals surface area contributed by atoms with E-state index in [2.05, 4.69) is 9.97 Å². The van der Waals surface area contributed by atoms with E-state index in [-0.39, 0.29) is 12.5 Å². The Morgan fingerprint density at radius 3 is 2.93 bits per heavy atom. The van der Waals surface area contributed by atoms with Crippen LogP contribution in [0.15, 0.2) is 24.4 Å². The summed E-state index contributed by atoms with van der Waals surface area (Å²) in [5.41, 5.74) is 8.18. The molecule has 78 valence electrons. The average Bonchev–Trinajstić information content (AvgIpc) is 2.27. The van der Waals surface area contributed by atoms with Gasteiger partial charge in [-0.1, -0.05) is 13.0 Å². The second-order valence-electron chi connectivity index (χ2n) is 3.63. The van der Waals surface area contributed by atoms with Gasteiger partial charge < -0.3 is 10.8 Å². The Morgan fingerprint density at radius 2 is 2.20 bits per heavy atom. The molecule has 0 spiro atoms. The van der Waals surface area contributed by atoms with E-state index in [0.717, 1.165) is 16.6 Å². The van der Waals surface area contributed by atoms with Crippen LogP contribution in [0, 0.1) is 0 Å². The molecular weight excluding hydrogens is 190 g/mol. The van der Waals surface area contributed by atoms with E-state index in [1.807, 2.05) is 25.1 Å². The van der Waals surface area contributed by atoms with Gasteiger partial charge in [0.05, 0.1) is 17.2 Å². The summed E-state index contributed by atoms with van der Waals surface area (Å²) in [5, 5.41) is 9.05. The van der Waals surface area contributed by atoms with Crippen molar-refractivity contribution in [1.29, 1.82) is 0 Å². The highest BCUT2D eigenvalue weighted by Crippen LogP contribution is 2.19. The fourth-order valence-corrected chi connectivity index (χ4v) is 1.45. The molecule has 3 N–H and O–H groups in total. The van der Waals surface area contributed by atoms with E-state index in [9.17, 15) is 0 Å². The quantitative estimate of drug-likeness (QED) is 0.771. The number of nitrogens with zero attached hydrogens (tertiary/aromatic N) is 2. The Kier molecular flexibility index (Phi) is 2.51. The normalized spacial score (nSPS) is 12.9. The molecule has 15 heavy (non-hydrogen) atoms. The maximum atomic E-state index is 9.05. The molecule has 1 aromatic heterocycles. The molecular formula is C11H13N3O. The summed E-state index contributed by atoms with van der Waals surface area (Å²) in [6.45, 7) is 2.10. The number of fused-ring (bicyclic) bond motifs is 1. The molecule has 0 amide bonds. The first kappa shape index (κ1) is 9.86. The van der Waals surface area contributed by atoms with E-state index in [1.165, 1.54) is 6.20 Å². The third-order valence-electron chi connectivity index (χ3n) is 2.43. The maximum absolute atomic E-state index is 9.05. The highest BCUT2D eigenvalue weighted by molar-refractivity contribution is 5.76. The van der Waals surface area contributed by atoms with Crippen LogP contribution in [0.3, 0.4) is 0 Å². The second kappa shape index (κ2) is 3.82. The molecule has 1 unspecified atom stereocenters. The first-order valence-corrected chi connectivity index (χ1v) is 4.83. The zero-order valence-corrected chi connectivity index (χ0v) is 8.51. The lowest BCUT2D eigenvalue weighted by molar-refractivity contribution is 0.273. The smallest absolute Gasteiger partial charge is 0.142 e. The van der Waals surface area contributed by atoms with Gasteiger partial charge in [-0.2, -0.15) is 0 Å². The van der Waals surface area contributed by atoms with E-state index < -0.39 is 0 Å². The summed E-state index contributed by atoms with van der Waals surface area (Å²) in [4.78, 5) is 8.34. The Labute approximate surface area is 87.8 Å². The van der Waals surface area contributed by atoms with Gasteiger partial charge in [-0.05, 0) is 17.7 Å². The SMILES string of the molecule is CC(CO)c1ccc2nc(N)cnc2c1. The third-order valence-corrected chi connectivity index (χ3v) is 2.43. The lowest BCUT2D eigenvalue weighted by atomic mass is 10.0. The van der Waals surface area contributed by atoms with E-state index in [1.54, 1.807) is 0 Å². The van der Waals surface area contributed by atoms with Crippen LogP contribution in [-0.4, -0.2) is 21.7 Å². The number of hydrogen-bond acceptors (Lipinski definition) is 4. The van der Waals surface area contributed by atoms with Crippen molar-refractivity contribution in [2.45, 2.75) is 12.8 Å². The molecule has 0 bridgehead atoms. The van der Waals surface area contributed by atoms with E-state index in [0.29, 0.717) is 5.82 Å². The van der Waals surface area contributed by atoms with Gasteiger partial charge in [0.2, 0.25) is 0 Å². The zero-order chi connectivity index (χ0) is 10.8. The molecule has 0 aliphatic heterocycles. The van der Waals surface area contributed by atoms with Gasteiger partial charge in [0, 0.05) is 12.5 Å². The van der Waals surface area contributed by atoms with Gasteiger partial charge in [0.25, 0.3) is 0 Å². The predicted octanol–water partition coefficient (Wildman–Crippen LogP) is 1.31. The summed E-state index contributed by atoms with van der Waals surface area (Å²) in [6.07, 6.45) is 1.54. The molecule has 0 radical (unpaired) electrons. The fraction of sp³-hybridized carbons (Fsp3) is 0.273. The fourth-order valence-electron chi connectivity index (χ4n) is 1.45. The minimum absolute atomic E-state index is 0.119. The summed E-state index contributed by atoms with van der Waals surface area (Å²) < 4.78 is 0. The topological polar surface area (TPSA) is 72.0 Å². The first-order chi connectivity index (χ1) is 7.20. The molecule has 0 aliphatic rings. The summed E-state index contributed by atoms with van der Waals surface area (Å²) in [7, 11) is 0. The lowest BCUT2D eigenvalue weighted by Gasteiger charge is -2.08. The van der Waals surface area contributed by atoms with Crippen LogP contribution in [-0.2, 0) is 0 Å². The third kappa shape index (κ3) is 1.89. The number of hydrogen-bond donors (Lipinski definition) is 2. The van der Waals surface area contributed by atoms with Crippen LogP contribution >= 0.6 is 0 Å². The molecule has 1 aromatic carbocycles. The largest absolute Gasteiger partial charge is 0.396 e. The standard InChI is InChI=1S/C11H13N3O/c1-7(6-15)8-2-3-9-10(4-8)13-5-11(12)14-9/h2-5,7,15H,6H2,1H3,(H2,12,14). The van der Waals surface area contributed by atoms with Gasteiger partial charge in [-0.25, -0.2) is 4.98 Å². The van der Waals surface area contributed by atoms with Crippen LogP contribution in [0.2, 0.25) is 0 Å². The second-order valence-corrected chi connectivity index (χ2v) is 3.63. The Balaban J connectivity index is 2.52. The van der Waals surface area contributed by atoms with Crippen molar-refractivity contribution in [2.24, 2.45) is 0 Å². The summed E-state index contributed by atoms with van der Waals surface area (Å²) >= 11 is 0. The van der Waals surface area contributed by atoms with Crippen LogP contribution < -0.4 is 5.73 Å². The molecule has 0 aliphatic carbocycles. The first-order valence-electron chi connectivity index (χ1n) is 4.83. The average molecular weight is 203 g/mol. The number of rotatable bonds is 2. The van der Waals surface area contributed by atoms with Crippen molar-refractivity contribution in [3.8, 4) is 0 Å². The number of aliphatic hydroxyl groups excluding tert-OH is 1. The molecule has 1 atom stereocenters. The lowest BCUT2D eigenvalue weighted by Crippen LogP contribution is -1.99. The number of benzene rings is 1. The van der Waals surface area contributed by atoms with E-state index in [4.69, 9.17) is 10.8 Å². The van der Waals surface area contributed by atoms with Crippen LogP contribution in [0.5, 0.6) is 0 Å². The van der Waals surface area contributed by atoms with Crippen molar-refractivity contribution in [1.82, 2.24) is 9.97 Å². The monoisotopic (exact) mass is 203 g/mol. The summed E-state index contributed by atoms with van der Waals surface area (Å²) in [6, 6.07) is 5.75. The molecule has 0 saturated heterocycles. The predicted molar refractivity (Wildman–Crippen MR) is 59.5 cm³/mol. The number of aromatic nitrogens is 2. The maximum Gasteiger partial charge on any atom is 0.142 e. The number of aliphatic hydroxyl groups is 1. The molecule has 4 nitrogen and oxygen atoms in total. The van der Waals surface area contributed by atoms with Gasteiger partial charge in [0.1, 0.15) is 5.82 Å². The van der Waals surface area contributed by atoms with Gasteiger partial charge >= 0.3 is 0 Å². The van der Waals surface area contributed by atoms with Crippen LogP contribution in [0.25, 0.3) is 11.0 Å². The number of anilines is 1. The number of nitrogen functional groups attached to an aromatic ring is 1. The highest BCUT2D eigenvalue weighted by Gasteiger charge is 2.05. The Hall–Kier alpha value is -1.68. The van der Waals surface area contributed by atoms with Crippen molar-refractivity contribution in [2.75, 3.05) is 12.3 Å². The number of nitrogens with two attached hydrogens (primary N) is 1. The molecule has 1 heterocycles. The summed E-state index contributed by atoms with van der Waals surface area (Å²) in [5.74, 6) is 0.541. The van der Waals surface area contributed by atoms with Gasteiger partial charge in [-0.3, -0.25) is 4.98 Å². The van der Waals surface area contributed by atoms with Crippen molar-refractivity contribution in [3.05, 3.63) is 30.0 Å². The Bertz CT molecular complexity index is 484. The van der Waals surface area contributed by atoms with Crippen molar-refractivity contribution >= 4 is 16.9 Å². The van der Waals surface area contributed by atoms with Crippen molar-refractivity contribution < 1.29 is 5.11 Å². The van der Waals surface area contributed by atoms with Gasteiger partial charge in [0.15, 0.2) is 0 Å². The Morgan fingerprint density at radius 1 is 1.40 bits per heavy atom. The minimum atomic E-state index is 0.119. The minimum Gasteiger partial charge on any atom is -0.396 e.